The number of hydrogen-bond donors (Lipinski definition) is 1. The van der Waals surface area contributed by atoms with Crippen molar-refractivity contribution in [3.63, 3.8) is 0 Å². The summed E-state index contributed by atoms with van der Waals surface area (Å²) in [5, 5.41) is 10.2. The third-order valence-electron chi connectivity index (χ3n) is 2.70. The van der Waals surface area contributed by atoms with Crippen molar-refractivity contribution in [3.8, 4) is 0 Å². The van der Waals surface area contributed by atoms with E-state index in [0.29, 0.717) is 5.69 Å². The Balaban J connectivity index is 2.35. The number of aliphatic hydroxyl groups is 1. The predicted molar refractivity (Wildman–Crippen MR) is 50.4 cm³/mol. The molecular formula is C10H12F2N2O. The molecule has 1 atom stereocenters. The minimum atomic E-state index is -2.80. The highest BCUT2D eigenvalue weighted by Gasteiger charge is 2.39. The Morgan fingerprint density at radius 1 is 1.40 bits per heavy atom. The number of aromatic nitrogens is 2. The van der Waals surface area contributed by atoms with Gasteiger partial charge in [0.2, 0.25) is 0 Å². The molecule has 1 unspecified atom stereocenters. The Hall–Kier alpha value is -1.23. The van der Waals surface area contributed by atoms with Crippen molar-refractivity contribution in [3.05, 3.63) is 30.4 Å². The molecule has 15 heavy (non-hydrogen) atoms. The summed E-state index contributed by atoms with van der Waals surface area (Å²) in [5.74, 6) is -2.80. The summed E-state index contributed by atoms with van der Waals surface area (Å²) in [6, 6.07) is 0. The number of rotatable bonds is 1. The van der Waals surface area contributed by atoms with Gasteiger partial charge in [0.05, 0.1) is 18.2 Å². The van der Waals surface area contributed by atoms with E-state index in [1.54, 1.807) is 11.6 Å². The average molecular weight is 214 g/mol. The minimum Gasteiger partial charge on any atom is -0.379 e. The van der Waals surface area contributed by atoms with Crippen molar-refractivity contribution in [2.24, 2.45) is 7.05 Å². The van der Waals surface area contributed by atoms with Crippen LogP contribution in [0.1, 0.15) is 18.5 Å². The van der Waals surface area contributed by atoms with Crippen molar-refractivity contribution < 1.29 is 13.9 Å². The maximum atomic E-state index is 12.9. The van der Waals surface area contributed by atoms with E-state index in [1.807, 2.05) is 0 Å². The van der Waals surface area contributed by atoms with E-state index in [-0.39, 0.29) is 12.8 Å². The Labute approximate surface area is 86.1 Å². The van der Waals surface area contributed by atoms with Gasteiger partial charge in [-0.1, -0.05) is 0 Å². The SMILES string of the molecule is Cn1cncc1C1(O)C=CC(F)(F)CC1. The fraction of sp³-hybridized carbons (Fsp3) is 0.500. The van der Waals surface area contributed by atoms with E-state index in [1.165, 1.54) is 12.5 Å². The summed E-state index contributed by atoms with van der Waals surface area (Å²) < 4.78 is 27.4. The number of imidazole rings is 1. The summed E-state index contributed by atoms with van der Waals surface area (Å²) in [6.45, 7) is 0. The van der Waals surface area contributed by atoms with Crippen molar-refractivity contribution in [1.82, 2.24) is 9.55 Å². The van der Waals surface area contributed by atoms with E-state index in [4.69, 9.17) is 0 Å². The first-order valence-electron chi connectivity index (χ1n) is 4.70. The van der Waals surface area contributed by atoms with Gasteiger partial charge in [-0.25, -0.2) is 13.8 Å². The van der Waals surface area contributed by atoms with E-state index >= 15 is 0 Å². The molecule has 82 valence electrons. The van der Waals surface area contributed by atoms with Gasteiger partial charge in [0, 0.05) is 13.5 Å². The molecule has 1 aromatic rings. The second-order valence-corrected chi connectivity index (χ2v) is 3.91. The quantitative estimate of drug-likeness (QED) is 0.721. The minimum absolute atomic E-state index is 0.00995. The molecule has 0 saturated heterocycles. The van der Waals surface area contributed by atoms with Gasteiger partial charge in [-0.05, 0) is 18.6 Å². The molecule has 1 aromatic heterocycles. The summed E-state index contributed by atoms with van der Waals surface area (Å²) >= 11 is 0. The Morgan fingerprint density at radius 2 is 2.13 bits per heavy atom. The Bertz CT molecular complexity index is 400. The fourth-order valence-electron chi connectivity index (χ4n) is 1.77. The molecule has 0 aliphatic heterocycles. The molecule has 0 bridgehead atoms. The second kappa shape index (κ2) is 3.13. The van der Waals surface area contributed by atoms with Gasteiger partial charge in [0.15, 0.2) is 0 Å². The molecule has 0 saturated carbocycles. The first-order chi connectivity index (χ1) is 6.93. The molecule has 1 heterocycles. The first-order valence-corrected chi connectivity index (χ1v) is 4.70. The third-order valence-corrected chi connectivity index (χ3v) is 2.70. The van der Waals surface area contributed by atoms with Crippen molar-refractivity contribution in [1.29, 1.82) is 0 Å². The number of allylic oxidation sites excluding steroid dienone is 1. The molecule has 1 N–H and O–H groups in total. The molecule has 0 amide bonds. The van der Waals surface area contributed by atoms with Gasteiger partial charge < -0.3 is 9.67 Å². The van der Waals surface area contributed by atoms with Crippen LogP contribution in [-0.4, -0.2) is 20.6 Å². The zero-order valence-corrected chi connectivity index (χ0v) is 8.32. The highest BCUT2D eigenvalue weighted by molar-refractivity contribution is 5.22. The van der Waals surface area contributed by atoms with E-state index in [9.17, 15) is 13.9 Å². The number of nitrogens with zero attached hydrogens (tertiary/aromatic N) is 2. The molecule has 1 aliphatic carbocycles. The highest BCUT2D eigenvalue weighted by atomic mass is 19.3. The van der Waals surface area contributed by atoms with Crippen LogP contribution in [0.3, 0.4) is 0 Å². The topological polar surface area (TPSA) is 38.0 Å². The van der Waals surface area contributed by atoms with Crippen LogP contribution in [-0.2, 0) is 12.6 Å². The van der Waals surface area contributed by atoms with Gasteiger partial charge in [0.1, 0.15) is 5.60 Å². The normalized spacial score (nSPS) is 29.3. The van der Waals surface area contributed by atoms with Crippen molar-refractivity contribution >= 4 is 0 Å². The van der Waals surface area contributed by atoms with E-state index < -0.39 is 11.5 Å². The maximum absolute atomic E-state index is 12.9. The van der Waals surface area contributed by atoms with Crippen molar-refractivity contribution in [2.45, 2.75) is 24.4 Å². The standard InChI is InChI=1S/C10H12F2N2O/c1-14-7-13-6-8(14)9(15)2-4-10(11,12)5-3-9/h2,4,6-7,15H,3,5H2,1H3. The molecule has 5 heteroatoms. The monoisotopic (exact) mass is 214 g/mol. The molecule has 0 aromatic carbocycles. The molecule has 1 aliphatic rings. The van der Waals surface area contributed by atoms with Gasteiger partial charge in [-0.2, -0.15) is 0 Å². The highest BCUT2D eigenvalue weighted by Crippen LogP contribution is 2.38. The lowest BCUT2D eigenvalue weighted by molar-refractivity contribution is -0.0164. The zero-order chi connectivity index (χ0) is 11.1. The summed E-state index contributed by atoms with van der Waals surface area (Å²) in [5.41, 5.74) is -0.776. The lowest BCUT2D eigenvalue weighted by Crippen LogP contribution is -2.33. The summed E-state index contributed by atoms with van der Waals surface area (Å²) in [7, 11) is 1.72. The van der Waals surface area contributed by atoms with E-state index in [0.717, 1.165) is 12.2 Å². The molecular weight excluding hydrogens is 202 g/mol. The molecule has 3 nitrogen and oxygen atoms in total. The Kier molecular flexibility index (Phi) is 2.15. The largest absolute Gasteiger partial charge is 0.379 e. The summed E-state index contributed by atoms with van der Waals surface area (Å²) in [6.07, 6.45) is 4.62. The second-order valence-electron chi connectivity index (χ2n) is 3.91. The number of aryl methyl sites for hydroxylation is 1. The lowest BCUT2D eigenvalue weighted by atomic mass is 9.87. The Morgan fingerprint density at radius 3 is 2.60 bits per heavy atom. The zero-order valence-electron chi connectivity index (χ0n) is 8.32. The van der Waals surface area contributed by atoms with Gasteiger partial charge in [-0.15, -0.1) is 0 Å². The van der Waals surface area contributed by atoms with Crippen LogP contribution < -0.4 is 0 Å². The van der Waals surface area contributed by atoms with Crippen LogP contribution in [0.5, 0.6) is 0 Å². The molecule has 2 rings (SSSR count). The fourth-order valence-corrected chi connectivity index (χ4v) is 1.77. The molecule has 0 radical (unpaired) electrons. The number of hydrogen-bond acceptors (Lipinski definition) is 2. The number of halogens is 2. The lowest BCUT2D eigenvalue weighted by Gasteiger charge is -2.30. The van der Waals surface area contributed by atoms with E-state index in [2.05, 4.69) is 4.98 Å². The summed E-state index contributed by atoms with van der Waals surface area (Å²) in [4.78, 5) is 3.86. The van der Waals surface area contributed by atoms with Gasteiger partial charge in [-0.3, -0.25) is 0 Å². The molecule has 0 fully saturated rings. The third kappa shape index (κ3) is 1.79. The van der Waals surface area contributed by atoms with Crippen LogP contribution in [0.25, 0.3) is 0 Å². The van der Waals surface area contributed by atoms with Crippen LogP contribution >= 0.6 is 0 Å². The predicted octanol–water partition coefficient (Wildman–Crippen LogP) is 1.59. The first kappa shape index (κ1) is 10.3. The smallest absolute Gasteiger partial charge is 0.266 e. The maximum Gasteiger partial charge on any atom is 0.266 e. The van der Waals surface area contributed by atoms with Gasteiger partial charge in [0.25, 0.3) is 5.92 Å². The van der Waals surface area contributed by atoms with Crippen LogP contribution in [0, 0.1) is 0 Å². The van der Waals surface area contributed by atoms with Gasteiger partial charge >= 0.3 is 0 Å². The molecule has 0 spiro atoms. The van der Waals surface area contributed by atoms with Crippen molar-refractivity contribution in [2.75, 3.05) is 0 Å². The number of alkyl halides is 2. The average Bonchev–Trinajstić information content (AvgIpc) is 2.58. The van der Waals surface area contributed by atoms with Crippen LogP contribution in [0.2, 0.25) is 0 Å². The van der Waals surface area contributed by atoms with Crippen LogP contribution in [0.15, 0.2) is 24.7 Å². The van der Waals surface area contributed by atoms with Crippen LogP contribution in [0.4, 0.5) is 8.78 Å².